The van der Waals surface area contributed by atoms with Gasteiger partial charge in [-0.3, -0.25) is 4.90 Å². The lowest BCUT2D eigenvalue weighted by atomic mass is 10.1. The highest BCUT2D eigenvalue weighted by Gasteiger charge is 2.34. The first-order chi connectivity index (χ1) is 12.2. The molecule has 2 aromatic rings. The Morgan fingerprint density at radius 2 is 1.77 bits per heavy atom. The van der Waals surface area contributed by atoms with Crippen LogP contribution in [-0.4, -0.2) is 49.0 Å². The van der Waals surface area contributed by atoms with E-state index < -0.39 is 21.7 Å². The number of aryl methyl sites for hydroxylation is 2. The van der Waals surface area contributed by atoms with Gasteiger partial charge in [-0.25, -0.2) is 17.2 Å². The van der Waals surface area contributed by atoms with E-state index in [1.807, 2.05) is 11.8 Å². The molecule has 142 valence electrons. The standard InChI is InChI=1S/C17H21F2N3O3S/c1-11-17(13(3)25-20-11)26(23,24)22-8-6-21(7-9-22)12(2)14-4-5-15(18)16(19)10-14/h4-5,10,12H,6-9H2,1-3H3. The van der Waals surface area contributed by atoms with Crippen LogP contribution in [0.1, 0.15) is 30.0 Å². The summed E-state index contributed by atoms with van der Waals surface area (Å²) in [5.41, 5.74) is 1.01. The van der Waals surface area contributed by atoms with Crippen LogP contribution >= 0.6 is 0 Å². The van der Waals surface area contributed by atoms with Crippen molar-refractivity contribution in [3.05, 3.63) is 46.9 Å². The average Bonchev–Trinajstić information content (AvgIpc) is 2.96. The Labute approximate surface area is 151 Å². The summed E-state index contributed by atoms with van der Waals surface area (Å²) in [6.45, 7) is 6.66. The first-order valence-electron chi connectivity index (χ1n) is 8.34. The van der Waals surface area contributed by atoms with E-state index in [-0.39, 0.29) is 16.7 Å². The summed E-state index contributed by atoms with van der Waals surface area (Å²) in [7, 11) is -3.67. The number of aromatic nitrogens is 1. The molecule has 1 aliphatic heterocycles. The highest BCUT2D eigenvalue weighted by molar-refractivity contribution is 7.89. The van der Waals surface area contributed by atoms with Crippen molar-refractivity contribution in [2.45, 2.75) is 31.7 Å². The molecule has 1 aromatic carbocycles. The van der Waals surface area contributed by atoms with Gasteiger partial charge >= 0.3 is 0 Å². The summed E-state index contributed by atoms with van der Waals surface area (Å²) in [4.78, 5) is 2.17. The quantitative estimate of drug-likeness (QED) is 0.810. The Kier molecular flexibility index (Phi) is 5.14. The molecule has 0 aliphatic carbocycles. The summed E-state index contributed by atoms with van der Waals surface area (Å²) in [5, 5.41) is 3.72. The summed E-state index contributed by atoms with van der Waals surface area (Å²) < 4.78 is 58.6. The lowest BCUT2D eigenvalue weighted by Crippen LogP contribution is -2.49. The molecule has 1 atom stereocenters. The molecule has 0 amide bonds. The molecular formula is C17H21F2N3O3S. The van der Waals surface area contributed by atoms with Crippen LogP contribution in [-0.2, 0) is 10.0 Å². The molecule has 1 aromatic heterocycles. The molecule has 1 unspecified atom stereocenters. The number of piperazine rings is 1. The maximum Gasteiger partial charge on any atom is 0.248 e. The van der Waals surface area contributed by atoms with E-state index in [4.69, 9.17) is 4.52 Å². The van der Waals surface area contributed by atoms with Crippen molar-refractivity contribution in [3.63, 3.8) is 0 Å². The maximum atomic E-state index is 13.5. The fourth-order valence-electron chi connectivity index (χ4n) is 3.29. The smallest absolute Gasteiger partial charge is 0.248 e. The second kappa shape index (κ2) is 7.05. The second-order valence-electron chi connectivity index (χ2n) is 6.44. The van der Waals surface area contributed by atoms with Crippen molar-refractivity contribution in [1.29, 1.82) is 0 Å². The van der Waals surface area contributed by atoms with Crippen molar-refractivity contribution in [1.82, 2.24) is 14.4 Å². The summed E-state index contributed by atoms with van der Waals surface area (Å²) in [6.07, 6.45) is 0. The maximum absolute atomic E-state index is 13.5. The number of nitrogens with zero attached hydrogens (tertiary/aromatic N) is 3. The molecule has 26 heavy (non-hydrogen) atoms. The van der Waals surface area contributed by atoms with Crippen LogP contribution in [0.15, 0.2) is 27.6 Å². The largest absolute Gasteiger partial charge is 0.360 e. The van der Waals surface area contributed by atoms with Crippen molar-refractivity contribution < 1.29 is 21.7 Å². The Morgan fingerprint density at radius 1 is 1.12 bits per heavy atom. The highest BCUT2D eigenvalue weighted by Crippen LogP contribution is 2.27. The van der Waals surface area contributed by atoms with Crippen LogP contribution in [0, 0.1) is 25.5 Å². The van der Waals surface area contributed by atoms with Crippen LogP contribution in [0.3, 0.4) is 0 Å². The zero-order valence-electron chi connectivity index (χ0n) is 14.9. The average molecular weight is 385 g/mol. The third-order valence-corrected chi connectivity index (χ3v) is 6.96. The van der Waals surface area contributed by atoms with Crippen LogP contribution in [0.5, 0.6) is 0 Å². The molecule has 1 aliphatic rings. The van der Waals surface area contributed by atoms with Crippen LogP contribution in [0.4, 0.5) is 8.78 Å². The topological polar surface area (TPSA) is 66.7 Å². The van der Waals surface area contributed by atoms with Gasteiger partial charge < -0.3 is 4.52 Å². The van der Waals surface area contributed by atoms with E-state index in [9.17, 15) is 17.2 Å². The minimum absolute atomic E-state index is 0.125. The van der Waals surface area contributed by atoms with Gasteiger partial charge in [0, 0.05) is 32.2 Å². The zero-order chi connectivity index (χ0) is 19.1. The van der Waals surface area contributed by atoms with Crippen molar-refractivity contribution in [2.75, 3.05) is 26.2 Å². The lowest BCUT2D eigenvalue weighted by Gasteiger charge is -2.37. The number of halogens is 2. The predicted molar refractivity (Wildman–Crippen MR) is 91.1 cm³/mol. The first kappa shape index (κ1) is 18.9. The fraction of sp³-hybridized carbons (Fsp3) is 0.471. The van der Waals surface area contributed by atoms with Gasteiger partial charge in [-0.1, -0.05) is 11.2 Å². The molecule has 1 saturated heterocycles. The molecule has 3 rings (SSSR count). The zero-order valence-corrected chi connectivity index (χ0v) is 15.7. The van der Waals surface area contributed by atoms with Gasteiger partial charge in [0.25, 0.3) is 0 Å². The van der Waals surface area contributed by atoms with Crippen LogP contribution in [0.2, 0.25) is 0 Å². The number of rotatable bonds is 4. The minimum atomic E-state index is -3.67. The molecular weight excluding hydrogens is 364 g/mol. The Morgan fingerprint density at radius 3 is 2.31 bits per heavy atom. The number of benzene rings is 1. The van der Waals surface area contributed by atoms with E-state index >= 15 is 0 Å². The van der Waals surface area contributed by atoms with E-state index in [0.29, 0.717) is 37.4 Å². The monoisotopic (exact) mass is 385 g/mol. The Balaban J connectivity index is 1.72. The molecule has 0 spiro atoms. The molecule has 0 bridgehead atoms. The molecule has 0 saturated carbocycles. The lowest BCUT2D eigenvalue weighted by molar-refractivity contribution is 0.145. The first-order valence-corrected chi connectivity index (χ1v) is 9.78. The van der Waals surface area contributed by atoms with E-state index in [1.165, 1.54) is 10.4 Å². The predicted octanol–water partition coefficient (Wildman–Crippen LogP) is 2.64. The van der Waals surface area contributed by atoms with Crippen molar-refractivity contribution >= 4 is 10.0 Å². The summed E-state index contributed by atoms with van der Waals surface area (Å²) in [6, 6.07) is 3.71. The summed E-state index contributed by atoms with van der Waals surface area (Å²) >= 11 is 0. The summed E-state index contributed by atoms with van der Waals surface area (Å²) in [5.74, 6) is -1.48. The van der Waals surface area contributed by atoms with Gasteiger partial charge in [-0.05, 0) is 38.5 Å². The molecule has 6 nitrogen and oxygen atoms in total. The minimum Gasteiger partial charge on any atom is -0.360 e. The van der Waals surface area contributed by atoms with E-state index in [1.54, 1.807) is 19.9 Å². The number of hydrogen-bond acceptors (Lipinski definition) is 5. The molecule has 0 N–H and O–H groups in total. The Bertz CT molecular complexity index is 886. The Hall–Kier alpha value is -1.84. The molecule has 2 heterocycles. The van der Waals surface area contributed by atoms with E-state index in [0.717, 1.165) is 6.07 Å². The molecule has 1 fully saturated rings. The van der Waals surface area contributed by atoms with Gasteiger partial charge in [0.2, 0.25) is 10.0 Å². The normalized spacial score (nSPS) is 18.2. The highest BCUT2D eigenvalue weighted by atomic mass is 32.2. The number of sulfonamides is 1. The van der Waals surface area contributed by atoms with Gasteiger partial charge in [0.1, 0.15) is 10.6 Å². The van der Waals surface area contributed by atoms with Gasteiger partial charge in [0.15, 0.2) is 17.4 Å². The SMILES string of the molecule is Cc1noc(C)c1S(=O)(=O)N1CCN(C(C)c2ccc(F)c(F)c2)CC1. The second-order valence-corrected chi connectivity index (χ2v) is 8.32. The van der Waals surface area contributed by atoms with Crippen LogP contribution in [0.25, 0.3) is 0 Å². The van der Waals surface area contributed by atoms with Crippen molar-refractivity contribution in [3.8, 4) is 0 Å². The van der Waals surface area contributed by atoms with Gasteiger partial charge in [-0.2, -0.15) is 4.31 Å². The molecule has 9 heteroatoms. The van der Waals surface area contributed by atoms with Gasteiger partial charge in [-0.15, -0.1) is 0 Å². The van der Waals surface area contributed by atoms with E-state index in [2.05, 4.69) is 5.16 Å². The fourth-order valence-corrected chi connectivity index (χ4v) is 5.00. The molecule has 0 radical (unpaired) electrons. The number of hydrogen-bond donors (Lipinski definition) is 0. The van der Waals surface area contributed by atoms with Gasteiger partial charge in [0.05, 0.1) is 0 Å². The third kappa shape index (κ3) is 3.38. The third-order valence-electron chi connectivity index (χ3n) is 4.81. The van der Waals surface area contributed by atoms with Crippen LogP contribution < -0.4 is 0 Å². The van der Waals surface area contributed by atoms with Crippen molar-refractivity contribution in [2.24, 2.45) is 0 Å².